The summed E-state index contributed by atoms with van der Waals surface area (Å²) in [5, 5.41) is 6.95. The minimum absolute atomic E-state index is 0. The van der Waals surface area contributed by atoms with Gasteiger partial charge in [-0.3, -0.25) is 9.89 Å². The second-order valence-electron chi connectivity index (χ2n) is 7.72. The number of nitrogens with one attached hydrogen (secondary N) is 2. The summed E-state index contributed by atoms with van der Waals surface area (Å²) in [5.74, 6) is 0.957. The molecule has 5 nitrogen and oxygen atoms in total. The van der Waals surface area contributed by atoms with Gasteiger partial charge in [-0.05, 0) is 77.3 Å². The van der Waals surface area contributed by atoms with Crippen molar-refractivity contribution in [1.29, 1.82) is 0 Å². The summed E-state index contributed by atoms with van der Waals surface area (Å²) in [6.07, 6.45) is 6.53. The Morgan fingerprint density at radius 3 is 2.36 bits per heavy atom. The molecule has 0 aliphatic carbocycles. The molecule has 1 aromatic rings. The van der Waals surface area contributed by atoms with Gasteiger partial charge in [0.2, 0.25) is 0 Å². The molecule has 0 amide bonds. The van der Waals surface area contributed by atoms with Crippen LogP contribution >= 0.6 is 24.0 Å². The fraction of sp³-hybridized carbons (Fsp3) is 0.682. The fourth-order valence-corrected chi connectivity index (χ4v) is 4.20. The van der Waals surface area contributed by atoms with E-state index in [9.17, 15) is 0 Å². The van der Waals surface area contributed by atoms with E-state index in [0.29, 0.717) is 6.04 Å². The normalized spacial score (nSPS) is 19.4. The van der Waals surface area contributed by atoms with Crippen molar-refractivity contribution in [1.82, 2.24) is 20.4 Å². The lowest BCUT2D eigenvalue weighted by Gasteiger charge is -2.27. The summed E-state index contributed by atoms with van der Waals surface area (Å²) < 4.78 is 0. The van der Waals surface area contributed by atoms with Crippen molar-refractivity contribution < 1.29 is 0 Å². The smallest absolute Gasteiger partial charge is 0.191 e. The van der Waals surface area contributed by atoms with Crippen LogP contribution in [0.15, 0.2) is 35.3 Å². The molecule has 1 unspecified atom stereocenters. The van der Waals surface area contributed by atoms with Crippen molar-refractivity contribution in [3.8, 4) is 0 Å². The minimum atomic E-state index is 0. The molecule has 3 rings (SSSR count). The first-order chi connectivity index (χ1) is 13.4. The predicted molar refractivity (Wildman–Crippen MR) is 130 cm³/mol. The molecule has 2 fully saturated rings. The van der Waals surface area contributed by atoms with E-state index in [-0.39, 0.29) is 24.0 Å². The molecule has 0 bridgehead atoms. The number of guanidine groups is 1. The van der Waals surface area contributed by atoms with E-state index in [4.69, 9.17) is 4.99 Å². The van der Waals surface area contributed by atoms with Crippen molar-refractivity contribution in [3.05, 3.63) is 35.9 Å². The van der Waals surface area contributed by atoms with Gasteiger partial charge in [-0.25, -0.2) is 0 Å². The van der Waals surface area contributed by atoms with Gasteiger partial charge in [0.25, 0.3) is 0 Å². The van der Waals surface area contributed by atoms with Gasteiger partial charge in [0.1, 0.15) is 0 Å². The van der Waals surface area contributed by atoms with Crippen LogP contribution in [0, 0.1) is 0 Å². The SMILES string of the molecule is CCNC(=NCC(c1ccccc1)N1CCCC1)NCCCN1CCCC1.I. The fourth-order valence-electron chi connectivity index (χ4n) is 4.20. The molecule has 2 heterocycles. The number of nitrogens with zero attached hydrogens (tertiary/aromatic N) is 3. The zero-order valence-electron chi connectivity index (χ0n) is 17.4. The maximum atomic E-state index is 4.94. The highest BCUT2D eigenvalue weighted by Crippen LogP contribution is 2.25. The molecular weight excluding hydrogens is 461 g/mol. The van der Waals surface area contributed by atoms with Crippen LogP contribution in [0.1, 0.15) is 50.6 Å². The molecule has 0 radical (unpaired) electrons. The van der Waals surface area contributed by atoms with Crippen LogP contribution in [0.3, 0.4) is 0 Å². The van der Waals surface area contributed by atoms with Crippen molar-refractivity contribution in [2.75, 3.05) is 52.4 Å². The summed E-state index contributed by atoms with van der Waals surface area (Å²) in [6, 6.07) is 11.3. The van der Waals surface area contributed by atoms with Gasteiger partial charge in [0.05, 0.1) is 12.6 Å². The first kappa shape index (κ1) is 23.4. The molecule has 6 heteroatoms. The maximum Gasteiger partial charge on any atom is 0.191 e. The Bertz CT molecular complexity index is 553. The second-order valence-corrected chi connectivity index (χ2v) is 7.72. The third-order valence-electron chi connectivity index (χ3n) is 5.67. The Hall–Kier alpha value is -0.860. The molecule has 28 heavy (non-hydrogen) atoms. The Morgan fingerprint density at radius 1 is 1.00 bits per heavy atom. The number of halogens is 1. The average molecular weight is 499 g/mol. The molecule has 0 saturated carbocycles. The largest absolute Gasteiger partial charge is 0.357 e. The Labute approximate surface area is 188 Å². The van der Waals surface area contributed by atoms with E-state index in [1.807, 2.05) is 0 Å². The zero-order chi connectivity index (χ0) is 18.7. The van der Waals surface area contributed by atoms with Crippen LogP contribution in [0.4, 0.5) is 0 Å². The number of rotatable bonds is 9. The van der Waals surface area contributed by atoms with Crippen LogP contribution < -0.4 is 10.6 Å². The lowest BCUT2D eigenvalue weighted by atomic mass is 10.1. The summed E-state index contributed by atoms with van der Waals surface area (Å²) >= 11 is 0. The number of benzene rings is 1. The molecule has 2 N–H and O–H groups in total. The van der Waals surface area contributed by atoms with Crippen LogP contribution in [0.25, 0.3) is 0 Å². The van der Waals surface area contributed by atoms with Crippen molar-refractivity contribution >= 4 is 29.9 Å². The summed E-state index contributed by atoms with van der Waals surface area (Å²) in [5.41, 5.74) is 1.38. The van der Waals surface area contributed by atoms with E-state index >= 15 is 0 Å². The van der Waals surface area contributed by atoms with Crippen LogP contribution in [-0.4, -0.2) is 68.1 Å². The first-order valence-electron chi connectivity index (χ1n) is 10.9. The number of aliphatic imine (C=N–C) groups is 1. The van der Waals surface area contributed by atoms with E-state index < -0.39 is 0 Å². The van der Waals surface area contributed by atoms with E-state index in [2.05, 4.69) is 57.7 Å². The van der Waals surface area contributed by atoms with Gasteiger partial charge < -0.3 is 15.5 Å². The van der Waals surface area contributed by atoms with E-state index in [0.717, 1.165) is 25.6 Å². The Morgan fingerprint density at radius 2 is 1.68 bits per heavy atom. The van der Waals surface area contributed by atoms with Gasteiger partial charge in [-0.2, -0.15) is 0 Å². The molecule has 2 saturated heterocycles. The molecule has 0 aromatic heterocycles. The van der Waals surface area contributed by atoms with Gasteiger partial charge in [-0.15, -0.1) is 24.0 Å². The molecule has 2 aliphatic rings. The molecule has 1 atom stereocenters. The summed E-state index contributed by atoms with van der Waals surface area (Å²) in [4.78, 5) is 10.1. The van der Waals surface area contributed by atoms with Crippen molar-refractivity contribution in [2.24, 2.45) is 4.99 Å². The number of hydrogen-bond donors (Lipinski definition) is 2. The summed E-state index contributed by atoms with van der Waals surface area (Å²) in [6.45, 7) is 11.0. The quantitative estimate of drug-likeness (QED) is 0.236. The molecular formula is C22H38IN5. The average Bonchev–Trinajstić information content (AvgIpc) is 3.40. The minimum Gasteiger partial charge on any atom is -0.357 e. The van der Waals surface area contributed by atoms with Crippen LogP contribution in [0.2, 0.25) is 0 Å². The van der Waals surface area contributed by atoms with Crippen LogP contribution in [0.5, 0.6) is 0 Å². The molecule has 2 aliphatic heterocycles. The van der Waals surface area contributed by atoms with Gasteiger partial charge in [0, 0.05) is 13.1 Å². The molecule has 158 valence electrons. The number of hydrogen-bond acceptors (Lipinski definition) is 3. The van der Waals surface area contributed by atoms with Gasteiger partial charge >= 0.3 is 0 Å². The summed E-state index contributed by atoms with van der Waals surface area (Å²) in [7, 11) is 0. The highest BCUT2D eigenvalue weighted by Gasteiger charge is 2.23. The third kappa shape index (κ3) is 7.52. The molecule has 1 aromatic carbocycles. The lowest BCUT2D eigenvalue weighted by Crippen LogP contribution is -2.39. The van der Waals surface area contributed by atoms with Gasteiger partial charge in [0.15, 0.2) is 5.96 Å². The zero-order valence-corrected chi connectivity index (χ0v) is 19.7. The van der Waals surface area contributed by atoms with Crippen molar-refractivity contribution in [2.45, 2.75) is 45.1 Å². The number of likely N-dealkylation sites (tertiary alicyclic amines) is 2. The topological polar surface area (TPSA) is 42.9 Å². The van der Waals surface area contributed by atoms with E-state index in [1.54, 1.807) is 0 Å². The monoisotopic (exact) mass is 499 g/mol. The van der Waals surface area contributed by atoms with Crippen molar-refractivity contribution in [3.63, 3.8) is 0 Å². The Balaban J connectivity index is 0.00000280. The van der Waals surface area contributed by atoms with Crippen LogP contribution in [-0.2, 0) is 0 Å². The second kappa shape index (κ2) is 13.4. The predicted octanol–water partition coefficient (Wildman–Crippen LogP) is 3.48. The highest BCUT2D eigenvalue weighted by atomic mass is 127. The van der Waals surface area contributed by atoms with Gasteiger partial charge in [-0.1, -0.05) is 30.3 Å². The third-order valence-corrected chi connectivity index (χ3v) is 5.67. The molecule has 0 spiro atoms. The Kier molecular flexibility index (Phi) is 11.2. The first-order valence-corrected chi connectivity index (χ1v) is 10.9. The highest BCUT2D eigenvalue weighted by molar-refractivity contribution is 14.0. The maximum absolute atomic E-state index is 4.94. The van der Waals surface area contributed by atoms with E-state index in [1.165, 1.54) is 70.4 Å². The standard InChI is InChI=1S/C22H37N5.HI/c1-2-23-22(24-13-10-16-26-14-6-7-15-26)25-19-21(27-17-8-9-18-27)20-11-4-3-5-12-20;/h3-5,11-12,21H,2,6-10,13-19H2,1H3,(H2,23,24,25);1H. The lowest BCUT2D eigenvalue weighted by molar-refractivity contribution is 0.251.